The first-order valence-corrected chi connectivity index (χ1v) is 5.85. The molecule has 86 valence electrons. The highest BCUT2D eigenvalue weighted by Gasteiger charge is 2.34. The van der Waals surface area contributed by atoms with Gasteiger partial charge < -0.3 is 10.3 Å². The number of likely N-dealkylation sites (tertiary alicyclic amines) is 1. The molecular formula is C11H20N2O2. The molecule has 0 bridgehead atoms. The smallest absolute Gasteiger partial charge is 0.0695 e. The topological polar surface area (TPSA) is 56.1 Å². The predicted octanol–water partition coefficient (Wildman–Crippen LogP) is 1.07. The summed E-state index contributed by atoms with van der Waals surface area (Å²) >= 11 is 0. The number of aliphatic hydroxyl groups excluding tert-OH is 1. The summed E-state index contributed by atoms with van der Waals surface area (Å²) in [4.78, 5) is 2.36. The molecule has 1 saturated carbocycles. The minimum absolute atomic E-state index is 0.148. The molecule has 15 heavy (non-hydrogen) atoms. The Hall–Kier alpha value is -0.610. The predicted molar refractivity (Wildman–Crippen MR) is 58.2 cm³/mol. The maximum absolute atomic E-state index is 9.83. The molecule has 0 aromatic carbocycles. The number of hydrogen-bond donors (Lipinski definition) is 2. The first kappa shape index (κ1) is 10.9. The third-order valence-corrected chi connectivity index (χ3v) is 3.77. The van der Waals surface area contributed by atoms with Crippen molar-refractivity contribution in [1.29, 1.82) is 0 Å². The van der Waals surface area contributed by atoms with Gasteiger partial charge >= 0.3 is 0 Å². The fraction of sp³-hybridized carbons (Fsp3) is 0.909. The van der Waals surface area contributed by atoms with Crippen LogP contribution < -0.4 is 0 Å². The Labute approximate surface area is 90.6 Å². The second-order valence-corrected chi connectivity index (χ2v) is 4.80. The Balaban J connectivity index is 1.96. The van der Waals surface area contributed by atoms with Gasteiger partial charge in [0.2, 0.25) is 0 Å². The minimum Gasteiger partial charge on any atom is -0.411 e. The van der Waals surface area contributed by atoms with E-state index < -0.39 is 0 Å². The van der Waals surface area contributed by atoms with E-state index in [0.717, 1.165) is 44.5 Å². The first-order valence-electron chi connectivity index (χ1n) is 5.85. The van der Waals surface area contributed by atoms with Crippen molar-refractivity contribution in [2.24, 2.45) is 11.1 Å². The highest BCUT2D eigenvalue weighted by Crippen LogP contribution is 2.27. The van der Waals surface area contributed by atoms with Crippen LogP contribution in [0.3, 0.4) is 0 Å². The number of piperidine rings is 1. The molecule has 2 aliphatic rings. The maximum atomic E-state index is 9.83. The van der Waals surface area contributed by atoms with Gasteiger partial charge in [0.05, 0.1) is 11.8 Å². The third kappa shape index (κ3) is 2.16. The molecule has 0 aromatic heterocycles. The van der Waals surface area contributed by atoms with Gasteiger partial charge in [-0.2, -0.15) is 0 Å². The largest absolute Gasteiger partial charge is 0.411 e. The molecule has 1 aliphatic heterocycles. The van der Waals surface area contributed by atoms with Gasteiger partial charge in [-0.1, -0.05) is 12.1 Å². The van der Waals surface area contributed by atoms with E-state index in [9.17, 15) is 5.11 Å². The van der Waals surface area contributed by atoms with Crippen molar-refractivity contribution in [3.63, 3.8) is 0 Å². The summed E-state index contributed by atoms with van der Waals surface area (Å²) in [5.41, 5.74) is 0.902. The van der Waals surface area contributed by atoms with Crippen molar-refractivity contribution in [2.75, 3.05) is 13.1 Å². The van der Waals surface area contributed by atoms with Crippen LogP contribution in [0.5, 0.6) is 0 Å². The molecule has 1 saturated heterocycles. The van der Waals surface area contributed by atoms with Crippen LogP contribution in [-0.4, -0.2) is 46.2 Å². The normalized spacial score (nSPS) is 41.2. The Morgan fingerprint density at radius 1 is 1.40 bits per heavy atom. The van der Waals surface area contributed by atoms with Crippen molar-refractivity contribution >= 4 is 5.71 Å². The summed E-state index contributed by atoms with van der Waals surface area (Å²) in [6.07, 6.45) is 3.87. The number of rotatable bonds is 1. The van der Waals surface area contributed by atoms with Gasteiger partial charge in [-0.3, -0.25) is 4.90 Å². The molecule has 0 radical (unpaired) electrons. The molecule has 4 nitrogen and oxygen atoms in total. The fourth-order valence-electron chi connectivity index (χ4n) is 2.85. The van der Waals surface area contributed by atoms with Crippen molar-refractivity contribution in [1.82, 2.24) is 4.90 Å². The zero-order valence-electron chi connectivity index (χ0n) is 9.26. The highest BCUT2D eigenvalue weighted by atomic mass is 16.4. The van der Waals surface area contributed by atoms with E-state index in [1.165, 1.54) is 0 Å². The van der Waals surface area contributed by atoms with Crippen LogP contribution >= 0.6 is 0 Å². The van der Waals surface area contributed by atoms with Gasteiger partial charge in [-0.25, -0.2) is 0 Å². The SMILES string of the molecule is CC1CN(C2CCCC2O)CCC1=NO. The number of oxime groups is 1. The standard InChI is InChI=1S/C11H20N2O2/c1-8-7-13(6-5-9(8)12-15)10-3-2-4-11(10)14/h8,10-11,14-15H,2-7H2,1H3. The summed E-state index contributed by atoms with van der Waals surface area (Å²) in [6, 6.07) is 0.340. The second kappa shape index (κ2) is 4.49. The van der Waals surface area contributed by atoms with Crippen LogP contribution in [0, 0.1) is 5.92 Å². The molecule has 0 aromatic rings. The third-order valence-electron chi connectivity index (χ3n) is 3.77. The van der Waals surface area contributed by atoms with Crippen LogP contribution in [0.25, 0.3) is 0 Å². The van der Waals surface area contributed by atoms with E-state index in [2.05, 4.69) is 17.0 Å². The molecule has 1 heterocycles. The van der Waals surface area contributed by atoms with Crippen molar-refractivity contribution in [3.05, 3.63) is 0 Å². The van der Waals surface area contributed by atoms with Crippen LogP contribution in [-0.2, 0) is 0 Å². The Morgan fingerprint density at radius 2 is 2.20 bits per heavy atom. The van der Waals surface area contributed by atoms with Gasteiger partial charge in [0, 0.05) is 31.5 Å². The van der Waals surface area contributed by atoms with E-state index in [-0.39, 0.29) is 6.10 Å². The molecule has 2 rings (SSSR count). The lowest BCUT2D eigenvalue weighted by Gasteiger charge is -2.37. The van der Waals surface area contributed by atoms with Gasteiger partial charge in [0.25, 0.3) is 0 Å². The summed E-state index contributed by atoms with van der Waals surface area (Å²) in [7, 11) is 0. The molecule has 1 aliphatic carbocycles. The summed E-state index contributed by atoms with van der Waals surface area (Å²) in [5.74, 6) is 0.316. The molecule has 0 spiro atoms. The lowest BCUT2D eigenvalue weighted by Crippen LogP contribution is -2.48. The zero-order chi connectivity index (χ0) is 10.8. The second-order valence-electron chi connectivity index (χ2n) is 4.80. The Morgan fingerprint density at radius 3 is 2.73 bits per heavy atom. The van der Waals surface area contributed by atoms with E-state index in [0.29, 0.717) is 12.0 Å². The fourth-order valence-corrected chi connectivity index (χ4v) is 2.85. The van der Waals surface area contributed by atoms with E-state index in [1.54, 1.807) is 0 Å². The Bertz CT molecular complexity index is 255. The molecule has 2 N–H and O–H groups in total. The van der Waals surface area contributed by atoms with Gasteiger partial charge in [-0.15, -0.1) is 0 Å². The minimum atomic E-state index is -0.148. The summed E-state index contributed by atoms with van der Waals surface area (Å²) in [6.45, 7) is 3.93. The van der Waals surface area contributed by atoms with E-state index in [4.69, 9.17) is 5.21 Å². The van der Waals surface area contributed by atoms with Crippen LogP contribution in [0.2, 0.25) is 0 Å². The maximum Gasteiger partial charge on any atom is 0.0695 e. The first-order chi connectivity index (χ1) is 7.22. The Kier molecular flexibility index (Phi) is 3.26. The lowest BCUT2D eigenvalue weighted by molar-refractivity contribution is 0.0626. The summed E-state index contributed by atoms with van der Waals surface area (Å²) < 4.78 is 0. The quantitative estimate of drug-likeness (QED) is 0.505. The molecule has 3 unspecified atom stereocenters. The number of nitrogens with zero attached hydrogens (tertiary/aromatic N) is 2. The average molecular weight is 212 g/mol. The number of aliphatic hydroxyl groups is 1. The van der Waals surface area contributed by atoms with E-state index in [1.807, 2.05) is 0 Å². The molecular weight excluding hydrogens is 192 g/mol. The monoisotopic (exact) mass is 212 g/mol. The molecule has 0 amide bonds. The van der Waals surface area contributed by atoms with Gasteiger partial charge in [-0.05, 0) is 19.3 Å². The highest BCUT2D eigenvalue weighted by molar-refractivity contribution is 5.87. The summed E-state index contributed by atoms with van der Waals surface area (Å²) in [5, 5.41) is 22.0. The lowest BCUT2D eigenvalue weighted by atomic mass is 9.95. The van der Waals surface area contributed by atoms with Gasteiger partial charge in [0.1, 0.15) is 0 Å². The van der Waals surface area contributed by atoms with Gasteiger partial charge in [0.15, 0.2) is 0 Å². The van der Waals surface area contributed by atoms with Crippen molar-refractivity contribution < 1.29 is 10.3 Å². The van der Waals surface area contributed by atoms with Crippen LogP contribution in [0.4, 0.5) is 0 Å². The molecule has 4 heteroatoms. The average Bonchev–Trinajstić information content (AvgIpc) is 2.64. The molecule has 2 fully saturated rings. The van der Waals surface area contributed by atoms with Crippen LogP contribution in [0.15, 0.2) is 5.16 Å². The van der Waals surface area contributed by atoms with E-state index >= 15 is 0 Å². The molecule has 3 atom stereocenters. The van der Waals surface area contributed by atoms with Crippen LogP contribution in [0.1, 0.15) is 32.6 Å². The van der Waals surface area contributed by atoms with Crippen molar-refractivity contribution in [3.8, 4) is 0 Å². The zero-order valence-corrected chi connectivity index (χ0v) is 9.26. The van der Waals surface area contributed by atoms with Crippen molar-refractivity contribution in [2.45, 2.75) is 44.8 Å². The number of hydrogen-bond acceptors (Lipinski definition) is 4.